The molecule has 0 atom stereocenters. The van der Waals surface area contributed by atoms with Crippen molar-refractivity contribution in [1.29, 1.82) is 0 Å². The van der Waals surface area contributed by atoms with E-state index in [0.29, 0.717) is 5.92 Å². The topological polar surface area (TPSA) is 67.1 Å². The summed E-state index contributed by atoms with van der Waals surface area (Å²) < 4.78 is 0. The normalized spacial score (nSPS) is 23.4. The van der Waals surface area contributed by atoms with Gasteiger partial charge in [-0.15, -0.1) is 0 Å². The quantitative estimate of drug-likeness (QED) is 0.767. The van der Waals surface area contributed by atoms with E-state index in [1.54, 1.807) is 0 Å². The summed E-state index contributed by atoms with van der Waals surface area (Å²) in [7, 11) is 0. The Balaban J connectivity index is 1.75. The molecule has 2 rings (SSSR count). The van der Waals surface area contributed by atoms with Crippen molar-refractivity contribution in [3.8, 4) is 0 Å². The summed E-state index contributed by atoms with van der Waals surface area (Å²) in [4.78, 5) is 11.8. The van der Waals surface area contributed by atoms with Gasteiger partial charge in [-0.3, -0.25) is 0 Å². The van der Waals surface area contributed by atoms with E-state index in [-0.39, 0.29) is 12.1 Å². The molecule has 1 aromatic carbocycles. The Morgan fingerprint density at radius 3 is 2.44 bits per heavy atom. The van der Waals surface area contributed by atoms with E-state index in [2.05, 4.69) is 10.6 Å². The molecule has 18 heavy (non-hydrogen) atoms. The molecule has 2 amide bonds. The van der Waals surface area contributed by atoms with E-state index in [1.165, 1.54) is 0 Å². The number of hydrogen-bond donors (Lipinski definition) is 3. The molecular formula is C14H21N3O. The van der Waals surface area contributed by atoms with Crippen LogP contribution in [0.2, 0.25) is 0 Å². The molecule has 1 aliphatic rings. The van der Waals surface area contributed by atoms with Crippen molar-refractivity contribution in [2.45, 2.75) is 31.7 Å². The standard InChI is InChI=1S/C14H21N3O/c15-10-11-6-8-13(9-7-11)17-14(18)16-12-4-2-1-3-5-12/h1-5,11,13H,6-10,15H2,(H2,16,17,18). The summed E-state index contributed by atoms with van der Waals surface area (Å²) in [6.07, 6.45) is 4.30. The summed E-state index contributed by atoms with van der Waals surface area (Å²) in [5.41, 5.74) is 6.48. The maximum atomic E-state index is 11.8. The lowest BCUT2D eigenvalue weighted by Crippen LogP contribution is -2.40. The Morgan fingerprint density at radius 2 is 1.83 bits per heavy atom. The molecule has 4 N–H and O–H groups in total. The number of rotatable bonds is 3. The van der Waals surface area contributed by atoms with Crippen LogP contribution < -0.4 is 16.4 Å². The molecule has 98 valence electrons. The highest BCUT2D eigenvalue weighted by molar-refractivity contribution is 5.89. The molecule has 4 nitrogen and oxygen atoms in total. The van der Waals surface area contributed by atoms with Gasteiger partial charge in [-0.1, -0.05) is 18.2 Å². The average Bonchev–Trinajstić information content (AvgIpc) is 2.40. The monoisotopic (exact) mass is 247 g/mol. The lowest BCUT2D eigenvalue weighted by molar-refractivity contribution is 0.238. The number of carbonyl (C=O) groups is 1. The molecule has 4 heteroatoms. The lowest BCUT2D eigenvalue weighted by atomic mass is 9.86. The Bertz CT molecular complexity index is 372. The number of carbonyl (C=O) groups excluding carboxylic acids is 1. The van der Waals surface area contributed by atoms with Gasteiger partial charge in [0.1, 0.15) is 0 Å². The van der Waals surface area contributed by atoms with Crippen LogP contribution in [0.4, 0.5) is 10.5 Å². The maximum Gasteiger partial charge on any atom is 0.319 e. The summed E-state index contributed by atoms with van der Waals surface area (Å²) in [6, 6.07) is 9.67. The Kier molecular flexibility index (Phi) is 4.59. The third kappa shape index (κ3) is 3.74. The van der Waals surface area contributed by atoms with Gasteiger partial charge in [-0.05, 0) is 50.3 Å². The van der Waals surface area contributed by atoms with Crippen LogP contribution in [-0.2, 0) is 0 Å². The summed E-state index contributed by atoms with van der Waals surface area (Å²) in [5, 5.41) is 5.86. The second kappa shape index (κ2) is 6.40. The predicted molar refractivity (Wildman–Crippen MR) is 73.4 cm³/mol. The predicted octanol–water partition coefficient (Wildman–Crippen LogP) is 2.33. The van der Waals surface area contributed by atoms with E-state index in [9.17, 15) is 4.79 Å². The second-order valence-electron chi connectivity index (χ2n) is 4.92. The molecule has 1 fully saturated rings. The highest BCUT2D eigenvalue weighted by Crippen LogP contribution is 2.23. The lowest BCUT2D eigenvalue weighted by Gasteiger charge is -2.28. The fraction of sp³-hybridized carbons (Fsp3) is 0.500. The molecule has 0 radical (unpaired) electrons. The molecule has 0 spiro atoms. The number of urea groups is 1. The van der Waals surface area contributed by atoms with Crippen molar-refractivity contribution >= 4 is 11.7 Å². The van der Waals surface area contributed by atoms with Crippen molar-refractivity contribution in [1.82, 2.24) is 5.32 Å². The third-order valence-corrected chi connectivity index (χ3v) is 3.55. The smallest absolute Gasteiger partial charge is 0.319 e. The van der Waals surface area contributed by atoms with Crippen molar-refractivity contribution in [2.75, 3.05) is 11.9 Å². The second-order valence-corrected chi connectivity index (χ2v) is 4.92. The van der Waals surface area contributed by atoms with Crippen molar-refractivity contribution < 1.29 is 4.79 Å². The fourth-order valence-corrected chi connectivity index (χ4v) is 2.42. The van der Waals surface area contributed by atoms with E-state index in [4.69, 9.17) is 5.73 Å². The minimum Gasteiger partial charge on any atom is -0.335 e. The van der Waals surface area contributed by atoms with Crippen LogP contribution in [0.5, 0.6) is 0 Å². The number of hydrogen-bond acceptors (Lipinski definition) is 2. The number of amides is 2. The van der Waals surface area contributed by atoms with Crippen LogP contribution in [0.25, 0.3) is 0 Å². The van der Waals surface area contributed by atoms with Crippen LogP contribution in [0.1, 0.15) is 25.7 Å². The van der Waals surface area contributed by atoms with E-state index >= 15 is 0 Å². The molecule has 0 heterocycles. The van der Waals surface area contributed by atoms with Crippen molar-refractivity contribution in [3.63, 3.8) is 0 Å². The van der Waals surface area contributed by atoms with Gasteiger partial charge >= 0.3 is 6.03 Å². The number of nitrogens with one attached hydrogen (secondary N) is 2. The van der Waals surface area contributed by atoms with Gasteiger partial charge in [0, 0.05) is 11.7 Å². The molecule has 1 aliphatic carbocycles. The first kappa shape index (κ1) is 12.9. The minimum absolute atomic E-state index is 0.114. The Morgan fingerprint density at radius 1 is 1.17 bits per heavy atom. The minimum atomic E-state index is -0.114. The number of anilines is 1. The highest BCUT2D eigenvalue weighted by Gasteiger charge is 2.21. The van der Waals surface area contributed by atoms with Gasteiger partial charge in [0.25, 0.3) is 0 Å². The average molecular weight is 247 g/mol. The first-order valence-electron chi connectivity index (χ1n) is 6.60. The van der Waals surface area contributed by atoms with Gasteiger partial charge in [0.05, 0.1) is 0 Å². The summed E-state index contributed by atoms with van der Waals surface area (Å²) >= 11 is 0. The van der Waals surface area contributed by atoms with Crippen LogP contribution in [0, 0.1) is 5.92 Å². The van der Waals surface area contributed by atoms with Gasteiger partial charge in [0.2, 0.25) is 0 Å². The molecular weight excluding hydrogens is 226 g/mol. The molecule has 0 bridgehead atoms. The summed E-state index contributed by atoms with van der Waals surface area (Å²) in [5.74, 6) is 0.639. The van der Waals surface area contributed by atoms with E-state index in [0.717, 1.165) is 37.9 Å². The van der Waals surface area contributed by atoms with Crippen molar-refractivity contribution in [3.05, 3.63) is 30.3 Å². The Labute approximate surface area is 108 Å². The van der Waals surface area contributed by atoms with Gasteiger partial charge < -0.3 is 16.4 Å². The third-order valence-electron chi connectivity index (χ3n) is 3.55. The largest absolute Gasteiger partial charge is 0.335 e. The van der Waals surface area contributed by atoms with Crippen LogP contribution in [0.15, 0.2) is 30.3 Å². The molecule has 0 aromatic heterocycles. The van der Waals surface area contributed by atoms with Crippen molar-refractivity contribution in [2.24, 2.45) is 11.7 Å². The SMILES string of the molecule is NCC1CCC(NC(=O)Nc2ccccc2)CC1. The fourth-order valence-electron chi connectivity index (χ4n) is 2.42. The molecule has 1 aromatic rings. The van der Waals surface area contributed by atoms with E-state index < -0.39 is 0 Å². The number of nitrogens with two attached hydrogens (primary N) is 1. The Hall–Kier alpha value is -1.55. The highest BCUT2D eigenvalue weighted by atomic mass is 16.2. The van der Waals surface area contributed by atoms with Crippen LogP contribution in [0.3, 0.4) is 0 Å². The zero-order chi connectivity index (χ0) is 12.8. The van der Waals surface area contributed by atoms with Gasteiger partial charge in [-0.25, -0.2) is 4.79 Å². The molecule has 0 saturated heterocycles. The van der Waals surface area contributed by atoms with E-state index in [1.807, 2.05) is 30.3 Å². The zero-order valence-electron chi connectivity index (χ0n) is 10.6. The van der Waals surface area contributed by atoms with Gasteiger partial charge in [0.15, 0.2) is 0 Å². The van der Waals surface area contributed by atoms with Crippen LogP contribution >= 0.6 is 0 Å². The first-order valence-corrected chi connectivity index (χ1v) is 6.60. The molecule has 1 saturated carbocycles. The number of para-hydroxylation sites is 1. The maximum absolute atomic E-state index is 11.8. The summed E-state index contributed by atoms with van der Waals surface area (Å²) in [6.45, 7) is 0.767. The first-order chi connectivity index (χ1) is 8.78. The zero-order valence-corrected chi connectivity index (χ0v) is 10.6. The van der Waals surface area contributed by atoms with Crippen LogP contribution in [-0.4, -0.2) is 18.6 Å². The molecule has 0 unspecified atom stereocenters. The van der Waals surface area contributed by atoms with Gasteiger partial charge in [-0.2, -0.15) is 0 Å². The number of benzene rings is 1. The molecule has 0 aliphatic heterocycles.